The van der Waals surface area contributed by atoms with Gasteiger partial charge in [0.2, 0.25) is 0 Å². The second-order valence-corrected chi connectivity index (χ2v) is 4.39. The van der Waals surface area contributed by atoms with Gasteiger partial charge in [0.05, 0.1) is 5.60 Å². The first-order valence-electron chi connectivity index (χ1n) is 5.00. The van der Waals surface area contributed by atoms with Crippen molar-refractivity contribution in [2.24, 2.45) is 5.92 Å². The largest absolute Gasteiger partial charge is 0.378 e. The standard InChI is InChI=1S/C10H19NO/c1-11-7-9(8-11)10(12-2)5-3-4-6-10/h9H,3-8H2,1-2H3. The molecule has 1 saturated heterocycles. The first kappa shape index (κ1) is 8.52. The minimum absolute atomic E-state index is 0.270. The van der Waals surface area contributed by atoms with Crippen molar-refractivity contribution in [3.8, 4) is 0 Å². The fraction of sp³-hybridized carbons (Fsp3) is 1.00. The van der Waals surface area contributed by atoms with E-state index in [-0.39, 0.29) is 5.60 Å². The first-order chi connectivity index (χ1) is 5.77. The average Bonchev–Trinajstić information content (AvgIpc) is 2.48. The summed E-state index contributed by atoms with van der Waals surface area (Å²) in [5.41, 5.74) is 0.270. The third-order valence-electron chi connectivity index (χ3n) is 3.66. The zero-order valence-corrected chi connectivity index (χ0v) is 8.18. The van der Waals surface area contributed by atoms with Gasteiger partial charge in [-0.3, -0.25) is 0 Å². The van der Waals surface area contributed by atoms with Crippen LogP contribution in [0.5, 0.6) is 0 Å². The Balaban J connectivity index is 1.98. The van der Waals surface area contributed by atoms with E-state index < -0.39 is 0 Å². The first-order valence-corrected chi connectivity index (χ1v) is 5.00. The summed E-state index contributed by atoms with van der Waals surface area (Å²) in [4.78, 5) is 2.38. The molecule has 0 unspecified atom stereocenters. The van der Waals surface area contributed by atoms with Crippen LogP contribution in [0.1, 0.15) is 25.7 Å². The van der Waals surface area contributed by atoms with Crippen molar-refractivity contribution in [2.75, 3.05) is 27.2 Å². The molecular weight excluding hydrogens is 150 g/mol. The van der Waals surface area contributed by atoms with Gasteiger partial charge in [0, 0.05) is 26.1 Å². The zero-order chi connectivity index (χ0) is 8.60. The second-order valence-electron chi connectivity index (χ2n) is 4.39. The van der Waals surface area contributed by atoms with Crippen molar-refractivity contribution in [3.05, 3.63) is 0 Å². The van der Waals surface area contributed by atoms with Crippen LogP contribution in [0.4, 0.5) is 0 Å². The molecule has 2 nitrogen and oxygen atoms in total. The van der Waals surface area contributed by atoms with E-state index in [9.17, 15) is 0 Å². The van der Waals surface area contributed by atoms with E-state index in [0.717, 1.165) is 5.92 Å². The lowest BCUT2D eigenvalue weighted by Gasteiger charge is -2.47. The maximum atomic E-state index is 5.72. The van der Waals surface area contributed by atoms with Gasteiger partial charge >= 0.3 is 0 Å². The molecule has 0 amide bonds. The minimum Gasteiger partial charge on any atom is -0.378 e. The summed E-state index contributed by atoms with van der Waals surface area (Å²) in [6, 6.07) is 0. The second kappa shape index (κ2) is 3.00. The summed E-state index contributed by atoms with van der Waals surface area (Å²) in [6.45, 7) is 2.49. The molecule has 1 heterocycles. The number of ether oxygens (including phenoxy) is 1. The quantitative estimate of drug-likeness (QED) is 0.621. The van der Waals surface area contributed by atoms with E-state index in [1.165, 1.54) is 38.8 Å². The molecule has 1 aliphatic carbocycles. The molecule has 0 spiro atoms. The molecule has 2 fully saturated rings. The molecule has 2 aliphatic rings. The van der Waals surface area contributed by atoms with Gasteiger partial charge in [0.1, 0.15) is 0 Å². The Hall–Kier alpha value is -0.0800. The summed E-state index contributed by atoms with van der Waals surface area (Å²) in [6.07, 6.45) is 5.33. The van der Waals surface area contributed by atoms with E-state index >= 15 is 0 Å². The number of nitrogens with zero attached hydrogens (tertiary/aromatic N) is 1. The molecule has 0 N–H and O–H groups in total. The van der Waals surface area contributed by atoms with Gasteiger partial charge in [-0.25, -0.2) is 0 Å². The molecule has 0 aromatic heterocycles. The Morgan fingerprint density at radius 2 is 1.83 bits per heavy atom. The van der Waals surface area contributed by atoms with Crippen LogP contribution in [-0.2, 0) is 4.74 Å². The van der Waals surface area contributed by atoms with E-state index in [4.69, 9.17) is 4.74 Å². The van der Waals surface area contributed by atoms with E-state index in [1.807, 2.05) is 7.11 Å². The highest BCUT2D eigenvalue weighted by atomic mass is 16.5. The topological polar surface area (TPSA) is 12.5 Å². The van der Waals surface area contributed by atoms with Gasteiger partial charge in [-0.15, -0.1) is 0 Å². The number of hydrogen-bond donors (Lipinski definition) is 0. The Morgan fingerprint density at radius 3 is 2.25 bits per heavy atom. The zero-order valence-electron chi connectivity index (χ0n) is 8.18. The van der Waals surface area contributed by atoms with Gasteiger partial charge in [-0.1, -0.05) is 12.8 Å². The van der Waals surface area contributed by atoms with Crippen molar-refractivity contribution in [2.45, 2.75) is 31.3 Å². The predicted octanol–water partition coefficient (Wildman–Crippen LogP) is 1.51. The van der Waals surface area contributed by atoms with Crippen LogP contribution in [0.3, 0.4) is 0 Å². The van der Waals surface area contributed by atoms with Gasteiger partial charge in [-0.05, 0) is 19.9 Å². The van der Waals surface area contributed by atoms with E-state index in [0.29, 0.717) is 0 Å². The smallest absolute Gasteiger partial charge is 0.0731 e. The van der Waals surface area contributed by atoms with Crippen LogP contribution in [-0.4, -0.2) is 37.7 Å². The SMILES string of the molecule is COC1(C2CN(C)C2)CCCC1. The molecule has 0 radical (unpaired) electrons. The maximum Gasteiger partial charge on any atom is 0.0731 e. The van der Waals surface area contributed by atoms with Crippen LogP contribution >= 0.6 is 0 Å². The minimum atomic E-state index is 0.270. The molecule has 0 aromatic rings. The third kappa shape index (κ3) is 1.17. The van der Waals surface area contributed by atoms with Crippen LogP contribution in [0.25, 0.3) is 0 Å². The average molecular weight is 169 g/mol. The summed E-state index contributed by atoms with van der Waals surface area (Å²) in [5.74, 6) is 0.815. The highest BCUT2D eigenvalue weighted by molar-refractivity contribution is 4.98. The van der Waals surface area contributed by atoms with Crippen molar-refractivity contribution < 1.29 is 4.74 Å². The summed E-state index contributed by atoms with van der Waals surface area (Å²) in [5, 5.41) is 0. The molecular formula is C10H19NO. The van der Waals surface area contributed by atoms with Crippen LogP contribution in [0.2, 0.25) is 0 Å². The van der Waals surface area contributed by atoms with Crippen LogP contribution in [0, 0.1) is 5.92 Å². The van der Waals surface area contributed by atoms with Gasteiger partial charge < -0.3 is 9.64 Å². The number of methoxy groups -OCH3 is 1. The lowest BCUT2D eigenvalue weighted by molar-refractivity contribution is -0.101. The molecule has 2 rings (SSSR count). The summed E-state index contributed by atoms with van der Waals surface area (Å²) in [7, 11) is 4.08. The van der Waals surface area contributed by atoms with Gasteiger partial charge in [-0.2, -0.15) is 0 Å². The Kier molecular flexibility index (Phi) is 2.13. The van der Waals surface area contributed by atoms with Crippen molar-refractivity contribution in [1.29, 1.82) is 0 Å². The lowest BCUT2D eigenvalue weighted by Crippen LogP contribution is -2.56. The third-order valence-corrected chi connectivity index (χ3v) is 3.66. The monoisotopic (exact) mass is 169 g/mol. The Labute approximate surface area is 74.9 Å². The fourth-order valence-corrected chi connectivity index (χ4v) is 2.78. The molecule has 0 aromatic carbocycles. The summed E-state index contributed by atoms with van der Waals surface area (Å²) < 4.78 is 5.72. The number of rotatable bonds is 2. The van der Waals surface area contributed by atoms with Crippen molar-refractivity contribution in [3.63, 3.8) is 0 Å². The van der Waals surface area contributed by atoms with Crippen molar-refractivity contribution in [1.82, 2.24) is 4.90 Å². The number of likely N-dealkylation sites (tertiary alicyclic amines) is 1. The predicted molar refractivity (Wildman–Crippen MR) is 49.2 cm³/mol. The normalized spacial score (nSPS) is 30.5. The molecule has 12 heavy (non-hydrogen) atoms. The summed E-state index contributed by atoms with van der Waals surface area (Å²) >= 11 is 0. The Morgan fingerprint density at radius 1 is 1.25 bits per heavy atom. The van der Waals surface area contributed by atoms with Gasteiger partial charge in [0.15, 0.2) is 0 Å². The highest BCUT2D eigenvalue weighted by Gasteiger charge is 2.45. The molecule has 1 saturated carbocycles. The van der Waals surface area contributed by atoms with Gasteiger partial charge in [0.25, 0.3) is 0 Å². The van der Waals surface area contributed by atoms with E-state index in [1.54, 1.807) is 0 Å². The molecule has 1 aliphatic heterocycles. The molecule has 2 heteroatoms. The molecule has 70 valence electrons. The van der Waals surface area contributed by atoms with Crippen LogP contribution < -0.4 is 0 Å². The molecule has 0 bridgehead atoms. The fourth-order valence-electron chi connectivity index (χ4n) is 2.78. The molecule has 0 atom stereocenters. The lowest BCUT2D eigenvalue weighted by atomic mass is 9.80. The van der Waals surface area contributed by atoms with E-state index in [2.05, 4.69) is 11.9 Å². The van der Waals surface area contributed by atoms with Crippen molar-refractivity contribution >= 4 is 0 Å². The Bertz CT molecular complexity index is 157. The highest BCUT2D eigenvalue weighted by Crippen LogP contribution is 2.42. The van der Waals surface area contributed by atoms with Crippen LogP contribution in [0.15, 0.2) is 0 Å². The number of hydrogen-bond acceptors (Lipinski definition) is 2. The maximum absolute atomic E-state index is 5.72.